The lowest BCUT2D eigenvalue weighted by Crippen LogP contribution is -2.39. The van der Waals surface area contributed by atoms with E-state index in [9.17, 15) is 4.79 Å². The smallest absolute Gasteiger partial charge is 0.317 e. The van der Waals surface area contributed by atoms with Crippen molar-refractivity contribution in [2.45, 2.75) is 32.6 Å². The van der Waals surface area contributed by atoms with Crippen molar-refractivity contribution in [3.63, 3.8) is 0 Å². The second-order valence-electron chi connectivity index (χ2n) is 7.33. The third kappa shape index (κ3) is 2.46. The van der Waals surface area contributed by atoms with Gasteiger partial charge in [-0.05, 0) is 61.6 Å². The zero-order chi connectivity index (χ0) is 17.6. The van der Waals surface area contributed by atoms with Crippen molar-refractivity contribution in [1.82, 2.24) is 0 Å². The number of fused-ring (bicyclic) bond motifs is 2. The Labute approximate surface area is 148 Å². The standard InChI is InChI=1S/C22H22O3/c1-22(2)19(14-7-5-4-6-8-14)18-11-9-15-13-16(24-3)10-12-17(15)20(18)25-21(22)23/h4-8,10,12-13,19H,9,11H2,1-3H3/t19-/m0/s1. The Morgan fingerprint density at radius 3 is 2.56 bits per heavy atom. The Hall–Kier alpha value is -2.55. The number of methoxy groups -OCH3 is 1. The van der Waals surface area contributed by atoms with Crippen LogP contribution in [-0.4, -0.2) is 13.1 Å². The maximum atomic E-state index is 12.8. The predicted molar refractivity (Wildman–Crippen MR) is 97.3 cm³/mol. The number of allylic oxidation sites excluding steroid dienone is 1. The van der Waals surface area contributed by atoms with Crippen molar-refractivity contribution in [3.05, 3.63) is 70.8 Å². The lowest BCUT2D eigenvalue weighted by Gasteiger charge is -2.41. The highest BCUT2D eigenvalue weighted by molar-refractivity contribution is 5.89. The summed E-state index contributed by atoms with van der Waals surface area (Å²) in [5, 5.41) is 0. The molecular formula is C22H22O3. The molecule has 25 heavy (non-hydrogen) atoms. The number of esters is 1. The van der Waals surface area contributed by atoms with Crippen LogP contribution in [0.3, 0.4) is 0 Å². The van der Waals surface area contributed by atoms with Crippen LogP contribution in [0, 0.1) is 5.41 Å². The number of carbonyl (C=O) groups excluding carboxylic acids is 1. The van der Waals surface area contributed by atoms with Gasteiger partial charge in [0.15, 0.2) is 0 Å². The molecule has 1 atom stereocenters. The van der Waals surface area contributed by atoms with Gasteiger partial charge < -0.3 is 9.47 Å². The van der Waals surface area contributed by atoms with Crippen LogP contribution in [0.25, 0.3) is 5.76 Å². The summed E-state index contributed by atoms with van der Waals surface area (Å²) in [7, 11) is 1.67. The molecule has 0 saturated carbocycles. The number of hydrogen-bond acceptors (Lipinski definition) is 3. The summed E-state index contributed by atoms with van der Waals surface area (Å²) in [6, 6.07) is 16.3. The summed E-state index contributed by atoms with van der Waals surface area (Å²) >= 11 is 0. The fourth-order valence-electron chi connectivity index (χ4n) is 4.12. The average molecular weight is 334 g/mol. The van der Waals surface area contributed by atoms with E-state index in [-0.39, 0.29) is 11.9 Å². The molecule has 0 spiro atoms. The number of rotatable bonds is 2. The molecule has 0 radical (unpaired) electrons. The molecule has 0 aromatic heterocycles. The molecular weight excluding hydrogens is 312 g/mol. The van der Waals surface area contributed by atoms with E-state index >= 15 is 0 Å². The minimum atomic E-state index is -0.579. The summed E-state index contributed by atoms with van der Waals surface area (Å²) in [4.78, 5) is 12.8. The highest BCUT2D eigenvalue weighted by Gasteiger charge is 2.47. The van der Waals surface area contributed by atoms with Crippen LogP contribution in [0.4, 0.5) is 0 Å². The Morgan fingerprint density at radius 2 is 1.84 bits per heavy atom. The summed E-state index contributed by atoms with van der Waals surface area (Å²) in [5.41, 5.74) is 4.02. The third-order valence-corrected chi connectivity index (χ3v) is 5.44. The highest BCUT2D eigenvalue weighted by Crippen LogP contribution is 2.52. The van der Waals surface area contributed by atoms with Crippen molar-refractivity contribution < 1.29 is 14.3 Å². The summed E-state index contributed by atoms with van der Waals surface area (Å²) < 4.78 is 11.2. The first-order valence-electron chi connectivity index (χ1n) is 8.70. The van der Waals surface area contributed by atoms with Crippen LogP contribution < -0.4 is 4.74 Å². The molecule has 0 bridgehead atoms. The second kappa shape index (κ2) is 5.76. The SMILES string of the molecule is COc1ccc2c(c1)CCC1=C2OC(=O)C(C)(C)[C@H]1c1ccccc1. The summed E-state index contributed by atoms with van der Waals surface area (Å²) in [6.07, 6.45) is 1.83. The number of hydrogen-bond donors (Lipinski definition) is 0. The van der Waals surface area contributed by atoms with Gasteiger partial charge in [0.05, 0.1) is 12.5 Å². The van der Waals surface area contributed by atoms with Crippen LogP contribution in [0.1, 0.15) is 42.9 Å². The van der Waals surface area contributed by atoms with Crippen molar-refractivity contribution >= 4 is 11.7 Å². The van der Waals surface area contributed by atoms with E-state index in [1.54, 1.807) is 7.11 Å². The van der Waals surface area contributed by atoms with Crippen LogP contribution in [0.5, 0.6) is 5.75 Å². The number of benzene rings is 2. The van der Waals surface area contributed by atoms with Gasteiger partial charge in [-0.25, -0.2) is 0 Å². The lowest BCUT2D eigenvalue weighted by atomic mass is 9.66. The zero-order valence-corrected chi connectivity index (χ0v) is 14.8. The fraction of sp³-hybridized carbons (Fsp3) is 0.318. The monoisotopic (exact) mass is 334 g/mol. The molecule has 1 heterocycles. The molecule has 0 fully saturated rings. The first-order valence-corrected chi connectivity index (χ1v) is 8.70. The Bertz CT molecular complexity index is 862. The molecule has 0 saturated heterocycles. The van der Waals surface area contributed by atoms with Crippen LogP contribution in [0.15, 0.2) is 54.1 Å². The maximum absolute atomic E-state index is 12.8. The first-order chi connectivity index (χ1) is 12.0. The van der Waals surface area contributed by atoms with E-state index in [2.05, 4.69) is 12.1 Å². The van der Waals surface area contributed by atoms with Gasteiger partial charge in [0.2, 0.25) is 0 Å². The van der Waals surface area contributed by atoms with Gasteiger partial charge in [-0.2, -0.15) is 0 Å². The van der Waals surface area contributed by atoms with Crippen molar-refractivity contribution in [3.8, 4) is 5.75 Å². The minimum absolute atomic E-state index is 0.0419. The van der Waals surface area contributed by atoms with E-state index < -0.39 is 5.41 Å². The van der Waals surface area contributed by atoms with E-state index in [1.807, 2.05) is 50.2 Å². The average Bonchev–Trinajstić information content (AvgIpc) is 2.63. The van der Waals surface area contributed by atoms with Gasteiger partial charge in [0, 0.05) is 11.5 Å². The van der Waals surface area contributed by atoms with Crippen LogP contribution >= 0.6 is 0 Å². The summed E-state index contributed by atoms with van der Waals surface area (Å²) in [5.74, 6) is 1.47. The quantitative estimate of drug-likeness (QED) is 0.746. The van der Waals surface area contributed by atoms with Gasteiger partial charge in [0.1, 0.15) is 11.5 Å². The van der Waals surface area contributed by atoms with Gasteiger partial charge in [-0.3, -0.25) is 4.79 Å². The van der Waals surface area contributed by atoms with Crippen molar-refractivity contribution in [2.24, 2.45) is 5.41 Å². The summed E-state index contributed by atoms with van der Waals surface area (Å²) in [6.45, 7) is 3.97. The highest BCUT2D eigenvalue weighted by atomic mass is 16.5. The molecule has 1 aliphatic heterocycles. The molecule has 1 aliphatic carbocycles. The molecule has 2 aromatic rings. The van der Waals surface area contributed by atoms with Gasteiger partial charge in [-0.1, -0.05) is 30.3 Å². The maximum Gasteiger partial charge on any atom is 0.317 e. The molecule has 4 rings (SSSR count). The van der Waals surface area contributed by atoms with Crippen LogP contribution in [-0.2, 0) is 16.0 Å². The minimum Gasteiger partial charge on any atom is -0.497 e. The molecule has 128 valence electrons. The van der Waals surface area contributed by atoms with Crippen LogP contribution in [0.2, 0.25) is 0 Å². The van der Waals surface area contributed by atoms with Gasteiger partial charge in [-0.15, -0.1) is 0 Å². The number of ether oxygens (including phenoxy) is 2. The second-order valence-corrected chi connectivity index (χ2v) is 7.33. The van der Waals surface area contributed by atoms with Gasteiger partial charge in [0.25, 0.3) is 0 Å². The third-order valence-electron chi connectivity index (χ3n) is 5.44. The van der Waals surface area contributed by atoms with E-state index in [0.29, 0.717) is 0 Å². The zero-order valence-electron chi connectivity index (χ0n) is 14.8. The predicted octanol–water partition coefficient (Wildman–Crippen LogP) is 4.72. The number of carbonyl (C=O) groups is 1. The van der Waals surface area contributed by atoms with Crippen molar-refractivity contribution in [2.75, 3.05) is 7.11 Å². The molecule has 0 amide bonds. The Kier molecular flexibility index (Phi) is 3.68. The van der Waals surface area contributed by atoms with E-state index in [1.165, 1.54) is 16.7 Å². The molecule has 3 nitrogen and oxygen atoms in total. The fourth-order valence-corrected chi connectivity index (χ4v) is 4.12. The molecule has 2 aliphatic rings. The topological polar surface area (TPSA) is 35.5 Å². The molecule has 3 heteroatoms. The molecule has 0 N–H and O–H groups in total. The first kappa shape index (κ1) is 15.9. The largest absolute Gasteiger partial charge is 0.497 e. The Morgan fingerprint density at radius 1 is 1.08 bits per heavy atom. The lowest BCUT2D eigenvalue weighted by molar-refractivity contribution is -0.149. The van der Waals surface area contributed by atoms with E-state index in [0.717, 1.165) is 29.9 Å². The molecule has 2 aromatic carbocycles. The van der Waals surface area contributed by atoms with Crippen molar-refractivity contribution in [1.29, 1.82) is 0 Å². The Balaban J connectivity index is 1.90. The normalized spacial score (nSPS) is 21.2. The number of aryl methyl sites for hydroxylation is 1. The van der Waals surface area contributed by atoms with E-state index in [4.69, 9.17) is 9.47 Å². The van der Waals surface area contributed by atoms with Gasteiger partial charge >= 0.3 is 5.97 Å². The molecule has 0 unspecified atom stereocenters.